The second-order valence-electron chi connectivity index (χ2n) is 5.82. The van der Waals surface area contributed by atoms with Crippen molar-refractivity contribution in [2.45, 2.75) is 26.2 Å². The smallest absolute Gasteiger partial charge is 0.191 e. The average molecular weight is 483 g/mol. The lowest BCUT2D eigenvalue weighted by Crippen LogP contribution is -2.38. The van der Waals surface area contributed by atoms with E-state index in [1.165, 1.54) is 4.88 Å². The fourth-order valence-corrected chi connectivity index (χ4v) is 3.37. The molecule has 0 aliphatic rings. The summed E-state index contributed by atoms with van der Waals surface area (Å²) in [5, 5.41) is 8.82. The summed E-state index contributed by atoms with van der Waals surface area (Å²) in [7, 11) is 0. The van der Waals surface area contributed by atoms with Gasteiger partial charge < -0.3 is 15.6 Å². The van der Waals surface area contributed by atoms with Crippen molar-refractivity contribution < 1.29 is 0 Å². The predicted molar refractivity (Wildman–Crippen MR) is 122 cm³/mol. The van der Waals surface area contributed by atoms with E-state index in [-0.39, 0.29) is 24.0 Å². The molecule has 3 rings (SSSR count). The van der Waals surface area contributed by atoms with Crippen molar-refractivity contribution in [3.05, 3.63) is 52.5 Å². The number of nitrogens with zero attached hydrogens (tertiary/aromatic N) is 2. The van der Waals surface area contributed by atoms with Gasteiger partial charge in [0, 0.05) is 30.9 Å². The van der Waals surface area contributed by atoms with E-state index in [1.54, 1.807) is 11.3 Å². The van der Waals surface area contributed by atoms with Crippen molar-refractivity contribution in [2.24, 2.45) is 4.99 Å². The Bertz CT molecular complexity index is 764. The Morgan fingerprint density at radius 2 is 2.04 bits per heavy atom. The molecule has 2 heterocycles. The minimum Gasteiger partial charge on any atom is -0.357 e. The van der Waals surface area contributed by atoms with E-state index >= 15 is 0 Å². The Morgan fingerprint density at radius 3 is 2.81 bits per heavy atom. The molecule has 0 saturated carbocycles. The number of nitrogens with one attached hydrogen (secondary N) is 3. The Morgan fingerprint density at radius 1 is 1.15 bits per heavy atom. The van der Waals surface area contributed by atoms with Gasteiger partial charge in [0.25, 0.3) is 0 Å². The topological polar surface area (TPSA) is 65.1 Å². The molecule has 0 radical (unpaired) electrons. The molecule has 0 amide bonds. The van der Waals surface area contributed by atoms with Gasteiger partial charge in [-0.1, -0.05) is 18.2 Å². The van der Waals surface area contributed by atoms with Crippen molar-refractivity contribution in [3.8, 4) is 0 Å². The minimum absolute atomic E-state index is 0. The normalized spacial score (nSPS) is 11.3. The van der Waals surface area contributed by atoms with Crippen LogP contribution in [0.15, 0.2) is 46.8 Å². The van der Waals surface area contributed by atoms with Crippen molar-refractivity contribution in [2.75, 3.05) is 19.6 Å². The van der Waals surface area contributed by atoms with Crippen LogP contribution in [0, 0.1) is 0 Å². The second-order valence-corrected chi connectivity index (χ2v) is 6.85. The van der Waals surface area contributed by atoms with Crippen LogP contribution in [-0.4, -0.2) is 35.6 Å². The third-order valence-electron chi connectivity index (χ3n) is 3.87. The molecule has 0 atom stereocenters. The molecule has 140 valence electrons. The number of guanidine groups is 1. The van der Waals surface area contributed by atoms with Gasteiger partial charge in [0.1, 0.15) is 5.82 Å². The zero-order valence-electron chi connectivity index (χ0n) is 15.0. The number of hydrogen-bond donors (Lipinski definition) is 3. The molecule has 26 heavy (non-hydrogen) atoms. The fourth-order valence-electron chi connectivity index (χ4n) is 2.66. The van der Waals surface area contributed by atoms with Gasteiger partial charge in [0.2, 0.25) is 0 Å². The maximum Gasteiger partial charge on any atom is 0.191 e. The highest BCUT2D eigenvalue weighted by Crippen LogP contribution is 2.11. The number of para-hydroxylation sites is 2. The van der Waals surface area contributed by atoms with Gasteiger partial charge in [-0.15, -0.1) is 35.3 Å². The summed E-state index contributed by atoms with van der Waals surface area (Å²) in [6.07, 6.45) is 2.91. The van der Waals surface area contributed by atoms with Crippen molar-refractivity contribution in [1.82, 2.24) is 20.6 Å². The van der Waals surface area contributed by atoms with E-state index in [4.69, 9.17) is 0 Å². The molecule has 0 aliphatic heterocycles. The van der Waals surface area contributed by atoms with Crippen LogP contribution in [0.5, 0.6) is 0 Å². The van der Waals surface area contributed by atoms with Gasteiger partial charge in [-0.2, -0.15) is 0 Å². The quantitative estimate of drug-likeness (QED) is 0.197. The summed E-state index contributed by atoms with van der Waals surface area (Å²) in [4.78, 5) is 14.0. The summed E-state index contributed by atoms with van der Waals surface area (Å²) in [5.74, 6) is 1.93. The number of halogens is 1. The van der Waals surface area contributed by atoms with Crippen molar-refractivity contribution in [3.63, 3.8) is 0 Å². The average Bonchev–Trinajstić information content (AvgIpc) is 3.27. The van der Waals surface area contributed by atoms with Crippen molar-refractivity contribution >= 4 is 52.3 Å². The maximum atomic E-state index is 4.66. The minimum atomic E-state index is 0. The molecule has 0 bridgehead atoms. The van der Waals surface area contributed by atoms with Gasteiger partial charge in [0.15, 0.2) is 5.96 Å². The number of imidazole rings is 1. The first kappa shape index (κ1) is 20.7. The van der Waals surface area contributed by atoms with Crippen LogP contribution in [0.4, 0.5) is 0 Å². The van der Waals surface area contributed by atoms with E-state index in [1.807, 2.05) is 18.2 Å². The number of aromatic amines is 1. The zero-order valence-corrected chi connectivity index (χ0v) is 18.1. The van der Waals surface area contributed by atoms with E-state index in [0.717, 1.165) is 61.7 Å². The van der Waals surface area contributed by atoms with Gasteiger partial charge in [-0.05, 0) is 43.3 Å². The number of rotatable bonds is 8. The molecule has 3 N–H and O–H groups in total. The number of aliphatic imine (C=N–C) groups is 1. The van der Waals surface area contributed by atoms with Crippen LogP contribution < -0.4 is 10.6 Å². The van der Waals surface area contributed by atoms with Gasteiger partial charge >= 0.3 is 0 Å². The molecule has 2 aromatic heterocycles. The number of aromatic nitrogens is 2. The number of fused-ring (bicyclic) bond motifs is 1. The molecule has 1 aromatic carbocycles. The van der Waals surface area contributed by atoms with Crippen LogP contribution in [0.25, 0.3) is 11.0 Å². The van der Waals surface area contributed by atoms with E-state index in [2.05, 4.69) is 56.1 Å². The molecule has 0 aliphatic carbocycles. The summed E-state index contributed by atoms with van der Waals surface area (Å²) in [6.45, 7) is 4.64. The van der Waals surface area contributed by atoms with Gasteiger partial charge in [0.05, 0.1) is 11.0 Å². The first-order valence-electron chi connectivity index (χ1n) is 8.83. The highest BCUT2D eigenvalue weighted by Gasteiger charge is 2.02. The monoisotopic (exact) mass is 483 g/mol. The lowest BCUT2D eigenvalue weighted by Gasteiger charge is -2.10. The van der Waals surface area contributed by atoms with Gasteiger partial charge in [-0.3, -0.25) is 4.99 Å². The molecular formula is C19H26IN5S. The molecular weight excluding hydrogens is 457 g/mol. The van der Waals surface area contributed by atoms with Crippen molar-refractivity contribution in [1.29, 1.82) is 0 Å². The molecule has 0 fully saturated rings. The van der Waals surface area contributed by atoms with E-state index in [0.29, 0.717) is 0 Å². The first-order chi connectivity index (χ1) is 12.3. The summed E-state index contributed by atoms with van der Waals surface area (Å²) in [6, 6.07) is 12.4. The fraction of sp³-hybridized carbons (Fsp3) is 0.368. The summed E-state index contributed by atoms with van der Waals surface area (Å²) in [5.41, 5.74) is 2.13. The maximum absolute atomic E-state index is 4.66. The summed E-state index contributed by atoms with van der Waals surface area (Å²) < 4.78 is 0. The number of hydrogen-bond acceptors (Lipinski definition) is 3. The van der Waals surface area contributed by atoms with E-state index in [9.17, 15) is 0 Å². The number of benzene rings is 1. The summed E-state index contributed by atoms with van der Waals surface area (Å²) >= 11 is 1.80. The molecule has 0 spiro atoms. The SMILES string of the molecule is CCNC(=NCCCc1nc2ccccc2[nH]1)NCCc1cccs1.I. The van der Waals surface area contributed by atoms with Crippen LogP contribution in [0.1, 0.15) is 24.0 Å². The Balaban J connectivity index is 0.00000243. The third-order valence-corrected chi connectivity index (χ3v) is 4.80. The molecule has 0 unspecified atom stereocenters. The lowest BCUT2D eigenvalue weighted by atomic mass is 10.3. The van der Waals surface area contributed by atoms with Crippen LogP contribution in [-0.2, 0) is 12.8 Å². The highest BCUT2D eigenvalue weighted by molar-refractivity contribution is 14.0. The lowest BCUT2D eigenvalue weighted by molar-refractivity contribution is 0.765. The zero-order chi connectivity index (χ0) is 17.3. The van der Waals surface area contributed by atoms with Gasteiger partial charge in [-0.25, -0.2) is 4.98 Å². The molecule has 7 heteroatoms. The number of aryl methyl sites for hydroxylation is 1. The Kier molecular flexibility index (Phi) is 8.90. The molecule has 5 nitrogen and oxygen atoms in total. The van der Waals surface area contributed by atoms with Crippen LogP contribution in [0.3, 0.4) is 0 Å². The third kappa shape index (κ3) is 6.28. The number of H-pyrrole nitrogens is 1. The largest absolute Gasteiger partial charge is 0.357 e. The molecule has 3 aromatic rings. The van der Waals surface area contributed by atoms with Crippen LogP contribution >= 0.6 is 35.3 Å². The number of thiophene rings is 1. The Labute approximate surface area is 175 Å². The predicted octanol–water partition coefficient (Wildman–Crippen LogP) is 3.97. The standard InChI is InChI=1S/C19H25N5S.HI/c1-2-20-19(22-13-11-15-7-6-14-25-15)21-12-5-10-18-23-16-8-3-4-9-17(16)24-18;/h3-4,6-9,14H,2,5,10-13H2,1H3,(H,23,24)(H2,20,21,22);1H. The van der Waals surface area contributed by atoms with Crippen LogP contribution in [0.2, 0.25) is 0 Å². The molecule has 0 saturated heterocycles. The first-order valence-corrected chi connectivity index (χ1v) is 9.71. The highest BCUT2D eigenvalue weighted by atomic mass is 127. The van der Waals surface area contributed by atoms with E-state index < -0.39 is 0 Å². The second kappa shape index (κ2) is 11.2. The Hall–Kier alpha value is -1.61.